The van der Waals surface area contributed by atoms with E-state index in [9.17, 15) is 8.42 Å². The van der Waals surface area contributed by atoms with E-state index < -0.39 is 9.05 Å². The van der Waals surface area contributed by atoms with Crippen molar-refractivity contribution in [1.82, 2.24) is 10.2 Å². The average Bonchev–Trinajstić information content (AvgIpc) is 2.29. The maximum atomic E-state index is 10.5. The van der Waals surface area contributed by atoms with Crippen molar-refractivity contribution in [2.45, 2.75) is 6.42 Å². The van der Waals surface area contributed by atoms with E-state index in [-0.39, 0.29) is 12.2 Å². The largest absolute Gasteiger partial charge is 0.267 e. The zero-order valence-electron chi connectivity index (χ0n) is 5.92. The van der Waals surface area contributed by atoms with Gasteiger partial charge in [-0.25, -0.2) is 8.42 Å². The molecule has 4 nitrogen and oxygen atoms in total. The van der Waals surface area contributed by atoms with Gasteiger partial charge in [-0.2, -0.15) is 5.10 Å². The standard InChI is InChI=1S/C5H6Cl2N2O2S/c6-5-4(3-8-9-5)1-2-12(7,10)11/h3H,1-2H2,(H,8,9). The molecule has 0 aliphatic carbocycles. The first-order valence-corrected chi connectivity index (χ1v) is 5.95. The molecular weight excluding hydrogens is 223 g/mol. The van der Waals surface area contributed by atoms with Crippen LogP contribution in [0, 0.1) is 0 Å². The minimum absolute atomic E-state index is 0.131. The summed E-state index contributed by atoms with van der Waals surface area (Å²) in [7, 11) is 1.56. The Bertz CT molecular complexity index is 359. The summed E-state index contributed by atoms with van der Waals surface area (Å²) in [5.74, 6) is -0.131. The van der Waals surface area contributed by atoms with Crippen LogP contribution in [0.1, 0.15) is 5.56 Å². The van der Waals surface area contributed by atoms with Crippen molar-refractivity contribution in [3.05, 3.63) is 16.9 Å². The first-order valence-electron chi connectivity index (χ1n) is 3.09. The lowest BCUT2D eigenvalue weighted by Gasteiger charge is -1.93. The first kappa shape index (κ1) is 9.83. The number of hydrogen-bond donors (Lipinski definition) is 1. The number of H-pyrrole nitrogens is 1. The molecule has 0 aliphatic rings. The van der Waals surface area contributed by atoms with E-state index in [2.05, 4.69) is 10.2 Å². The second-order valence-corrected chi connectivity index (χ2v) is 5.48. The zero-order chi connectivity index (χ0) is 9.19. The summed E-state index contributed by atoms with van der Waals surface area (Å²) in [6, 6.07) is 0. The van der Waals surface area contributed by atoms with Gasteiger partial charge in [-0.05, 0) is 6.42 Å². The molecule has 7 heteroatoms. The Labute approximate surface area is 79.3 Å². The van der Waals surface area contributed by atoms with E-state index in [1.807, 2.05) is 0 Å². The molecule has 0 unspecified atom stereocenters. The zero-order valence-corrected chi connectivity index (χ0v) is 8.25. The van der Waals surface area contributed by atoms with Crippen LogP contribution in [0.5, 0.6) is 0 Å². The second-order valence-electron chi connectivity index (χ2n) is 2.20. The van der Waals surface area contributed by atoms with E-state index in [0.29, 0.717) is 10.7 Å². The molecule has 1 aromatic heterocycles. The topological polar surface area (TPSA) is 62.8 Å². The molecule has 1 rings (SSSR count). The normalized spacial score (nSPS) is 11.8. The van der Waals surface area contributed by atoms with Crippen LogP contribution in [-0.2, 0) is 15.5 Å². The number of rotatable bonds is 3. The molecule has 68 valence electrons. The van der Waals surface area contributed by atoms with E-state index in [4.69, 9.17) is 22.3 Å². The number of hydrogen-bond acceptors (Lipinski definition) is 3. The van der Waals surface area contributed by atoms with Gasteiger partial charge in [0.15, 0.2) is 0 Å². The number of aromatic nitrogens is 2. The maximum absolute atomic E-state index is 10.5. The summed E-state index contributed by atoms with van der Waals surface area (Å²) in [5, 5.41) is 6.47. The summed E-state index contributed by atoms with van der Waals surface area (Å²) in [5.41, 5.74) is 0.654. The predicted molar refractivity (Wildman–Crippen MR) is 46.9 cm³/mol. The fourth-order valence-electron chi connectivity index (χ4n) is 0.702. The third kappa shape index (κ3) is 3.00. The lowest BCUT2D eigenvalue weighted by Crippen LogP contribution is -2.00. The summed E-state index contributed by atoms with van der Waals surface area (Å²) in [6.07, 6.45) is 1.76. The Morgan fingerprint density at radius 3 is 2.67 bits per heavy atom. The minimum atomic E-state index is -3.45. The van der Waals surface area contributed by atoms with Crippen LogP contribution in [0.3, 0.4) is 0 Å². The van der Waals surface area contributed by atoms with Crippen LogP contribution < -0.4 is 0 Å². The Balaban J connectivity index is 2.61. The summed E-state index contributed by atoms with van der Waals surface area (Å²) in [6.45, 7) is 0. The molecule has 0 fully saturated rings. The molecule has 0 aromatic carbocycles. The van der Waals surface area contributed by atoms with Gasteiger partial charge in [0.05, 0.1) is 11.9 Å². The molecule has 0 radical (unpaired) electrons. The molecule has 0 saturated heterocycles. The lowest BCUT2D eigenvalue weighted by molar-refractivity contribution is 0.609. The highest BCUT2D eigenvalue weighted by Crippen LogP contribution is 2.12. The van der Waals surface area contributed by atoms with Gasteiger partial charge in [-0.15, -0.1) is 0 Å². The van der Waals surface area contributed by atoms with Gasteiger partial charge in [-0.1, -0.05) is 11.6 Å². The lowest BCUT2D eigenvalue weighted by atomic mass is 10.3. The van der Waals surface area contributed by atoms with Crippen molar-refractivity contribution < 1.29 is 8.42 Å². The molecule has 0 saturated carbocycles. The van der Waals surface area contributed by atoms with E-state index in [1.165, 1.54) is 6.20 Å². The maximum Gasteiger partial charge on any atom is 0.232 e. The third-order valence-corrected chi connectivity index (χ3v) is 2.76. The van der Waals surface area contributed by atoms with Crippen LogP contribution in [-0.4, -0.2) is 24.4 Å². The number of aromatic amines is 1. The second kappa shape index (κ2) is 3.64. The van der Waals surface area contributed by atoms with Crippen LogP contribution >= 0.6 is 22.3 Å². The monoisotopic (exact) mass is 228 g/mol. The van der Waals surface area contributed by atoms with Crippen molar-refractivity contribution in [2.24, 2.45) is 0 Å². The van der Waals surface area contributed by atoms with E-state index >= 15 is 0 Å². The molecule has 0 aliphatic heterocycles. The van der Waals surface area contributed by atoms with Crippen molar-refractivity contribution in [1.29, 1.82) is 0 Å². The molecular formula is C5H6Cl2N2O2S. The van der Waals surface area contributed by atoms with E-state index in [1.54, 1.807) is 0 Å². The number of nitrogens with one attached hydrogen (secondary N) is 1. The fourth-order valence-corrected chi connectivity index (χ4v) is 1.59. The molecule has 0 amide bonds. The third-order valence-electron chi connectivity index (χ3n) is 1.28. The van der Waals surface area contributed by atoms with Crippen LogP contribution in [0.25, 0.3) is 0 Å². The Kier molecular flexibility index (Phi) is 2.98. The molecule has 0 spiro atoms. The van der Waals surface area contributed by atoms with Crippen molar-refractivity contribution in [3.63, 3.8) is 0 Å². The van der Waals surface area contributed by atoms with Gasteiger partial charge >= 0.3 is 0 Å². The molecule has 1 N–H and O–H groups in total. The summed E-state index contributed by atoms with van der Waals surface area (Å²) >= 11 is 5.61. The quantitative estimate of drug-likeness (QED) is 0.791. The molecule has 1 aromatic rings. The van der Waals surface area contributed by atoms with Gasteiger partial charge in [0.1, 0.15) is 5.15 Å². The molecule has 12 heavy (non-hydrogen) atoms. The van der Waals surface area contributed by atoms with Gasteiger partial charge in [0.25, 0.3) is 0 Å². The van der Waals surface area contributed by atoms with Crippen molar-refractivity contribution >= 4 is 31.3 Å². The smallest absolute Gasteiger partial charge is 0.232 e. The van der Waals surface area contributed by atoms with Crippen LogP contribution in [0.2, 0.25) is 5.15 Å². The Hall–Kier alpha value is -0.260. The number of aryl methyl sites for hydroxylation is 1. The molecule has 0 atom stereocenters. The van der Waals surface area contributed by atoms with Crippen molar-refractivity contribution in [2.75, 3.05) is 5.75 Å². The van der Waals surface area contributed by atoms with Crippen LogP contribution in [0.4, 0.5) is 0 Å². The predicted octanol–water partition coefficient (Wildman–Crippen LogP) is 1.17. The Morgan fingerprint density at radius 1 is 1.58 bits per heavy atom. The SMILES string of the molecule is O=S(=O)(Cl)CCc1cn[nH]c1Cl. The van der Waals surface area contributed by atoms with E-state index in [0.717, 1.165) is 0 Å². The van der Waals surface area contributed by atoms with Gasteiger partial charge < -0.3 is 0 Å². The highest BCUT2D eigenvalue weighted by molar-refractivity contribution is 8.13. The van der Waals surface area contributed by atoms with Gasteiger partial charge in [0.2, 0.25) is 9.05 Å². The summed E-state index contributed by atoms with van der Waals surface area (Å²) in [4.78, 5) is 0. The highest BCUT2D eigenvalue weighted by atomic mass is 35.7. The average molecular weight is 229 g/mol. The minimum Gasteiger partial charge on any atom is -0.267 e. The van der Waals surface area contributed by atoms with Gasteiger partial charge in [-0.3, -0.25) is 5.10 Å². The molecule has 0 bridgehead atoms. The summed E-state index contributed by atoms with van der Waals surface area (Å²) < 4.78 is 21.1. The fraction of sp³-hybridized carbons (Fsp3) is 0.400. The molecule has 1 heterocycles. The van der Waals surface area contributed by atoms with Crippen molar-refractivity contribution in [3.8, 4) is 0 Å². The van der Waals surface area contributed by atoms with Crippen LogP contribution in [0.15, 0.2) is 6.20 Å². The number of nitrogens with zero attached hydrogens (tertiary/aromatic N) is 1. The highest BCUT2D eigenvalue weighted by Gasteiger charge is 2.08. The first-order chi connectivity index (χ1) is 5.49. The van der Waals surface area contributed by atoms with Gasteiger partial charge in [0, 0.05) is 16.2 Å². The Morgan fingerprint density at radius 2 is 2.25 bits per heavy atom. The number of halogens is 2.